The Morgan fingerprint density at radius 2 is 2.15 bits per heavy atom. The second-order valence-corrected chi connectivity index (χ2v) is 4.74. The van der Waals surface area contributed by atoms with Crippen molar-refractivity contribution in [1.29, 1.82) is 0 Å². The molecule has 0 saturated carbocycles. The largest absolute Gasteiger partial charge is 0.496 e. The highest BCUT2D eigenvalue weighted by Crippen LogP contribution is 2.24. The molecule has 1 unspecified atom stereocenters. The van der Waals surface area contributed by atoms with E-state index in [1.807, 2.05) is 36.1 Å². The normalized spacial score (nSPS) is 12.3. The quantitative estimate of drug-likeness (QED) is 0.841. The lowest BCUT2D eigenvalue weighted by molar-refractivity contribution is 0.404. The lowest BCUT2D eigenvalue weighted by Crippen LogP contribution is -2.22. The standard InChI is InChI=1S/C15H22N4O/c1-4-9-19-14(11-17-18-19)13(16-2)10-12-7-5-6-8-15(12)20-3/h5-8,11,13,16H,4,9-10H2,1-3H3. The zero-order chi connectivity index (χ0) is 14.4. The molecule has 0 fully saturated rings. The van der Waals surface area contributed by atoms with Gasteiger partial charge < -0.3 is 10.1 Å². The molecule has 0 bridgehead atoms. The topological polar surface area (TPSA) is 52.0 Å². The van der Waals surface area contributed by atoms with Crippen LogP contribution >= 0.6 is 0 Å². The molecule has 0 amide bonds. The maximum absolute atomic E-state index is 5.42. The second kappa shape index (κ2) is 7.05. The Morgan fingerprint density at radius 1 is 1.35 bits per heavy atom. The molecule has 2 aromatic rings. The Hall–Kier alpha value is -1.88. The summed E-state index contributed by atoms with van der Waals surface area (Å²) in [5.41, 5.74) is 2.29. The van der Waals surface area contributed by atoms with Gasteiger partial charge in [0.1, 0.15) is 5.75 Å². The number of hydrogen-bond acceptors (Lipinski definition) is 4. The summed E-state index contributed by atoms with van der Waals surface area (Å²) in [6.07, 6.45) is 3.73. The fraction of sp³-hybridized carbons (Fsp3) is 0.467. The van der Waals surface area contributed by atoms with E-state index >= 15 is 0 Å². The van der Waals surface area contributed by atoms with Gasteiger partial charge in [-0.15, -0.1) is 5.10 Å². The van der Waals surface area contributed by atoms with Crippen LogP contribution in [0.3, 0.4) is 0 Å². The molecular weight excluding hydrogens is 252 g/mol. The van der Waals surface area contributed by atoms with Crippen molar-refractivity contribution < 1.29 is 4.74 Å². The van der Waals surface area contributed by atoms with Crippen LogP contribution in [0.25, 0.3) is 0 Å². The van der Waals surface area contributed by atoms with Crippen LogP contribution in [0.1, 0.15) is 30.6 Å². The fourth-order valence-corrected chi connectivity index (χ4v) is 2.37. The Balaban J connectivity index is 2.22. The van der Waals surface area contributed by atoms with Gasteiger partial charge in [0.25, 0.3) is 0 Å². The average molecular weight is 274 g/mol. The summed E-state index contributed by atoms with van der Waals surface area (Å²) in [6.45, 7) is 3.03. The Bertz CT molecular complexity index is 538. The molecule has 2 rings (SSSR count). The summed E-state index contributed by atoms with van der Waals surface area (Å²) in [5.74, 6) is 0.919. The van der Waals surface area contributed by atoms with Gasteiger partial charge in [-0.05, 0) is 31.5 Å². The van der Waals surface area contributed by atoms with Crippen molar-refractivity contribution in [2.45, 2.75) is 32.4 Å². The lowest BCUT2D eigenvalue weighted by Gasteiger charge is -2.18. The van der Waals surface area contributed by atoms with E-state index in [2.05, 4.69) is 28.6 Å². The molecule has 1 atom stereocenters. The van der Waals surface area contributed by atoms with Gasteiger partial charge in [0, 0.05) is 6.54 Å². The first kappa shape index (κ1) is 14.5. The minimum Gasteiger partial charge on any atom is -0.496 e. The molecule has 108 valence electrons. The van der Waals surface area contributed by atoms with E-state index in [-0.39, 0.29) is 6.04 Å². The van der Waals surface area contributed by atoms with Crippen LogP contribution in [-0.2, 0) is 13.0 Å². The molecule has 5 heteroatoms. The van der Waals surface area contributed by atoms with E-state index in [0.717, 1.165) is 30.8 Å². The first-order valence-electron chi connectivity index (χ1n) is 6.97. The van der Waals surface area contributed by atoms with E-state index in [1.54, 1.807) is 7.11 Å². The predicted octanol–water partition coefficient (Wildman–Crippen LogP) is 2.20. The highest BCUT2D eigenvalue weighted by Gasteiger charge is 2.17. The van der Waals surface area contributed by atoms with Crippen molar-refractivity contribution in [1.82, 2.24) is 20.3 Å². The van der Waals surface area contributed by atoms with Crippen LogP contribution in [-0.4, -0.2) is 29.2 Å². The number of methoxy groups -OCH3 is 1. The molecule has 0 aliphatic rings. The third-order valence-corrected chi connectivity index (χ3v) is 3.41. The molecule has 1 heterocycles. The van der Waals surface area contributed by atoms with E-state index in [4.69, 9.17) is 4.74 Å². The summed E-state index contributed by atoms with van der Waals surface area (Å²) in [6, 6.07) is 8.28. The number of nitrogens with zero attached hydrogens (tertiary/aromatic N) is 3. The number of rotatable bonds is 7. The number of benzene rings is 1. The van der Waals surface area contributed by atoms with Gasteiger partial charge in [-0.3, -0.25) is 0 Å². The highest BCUT2D eigenvalue weighted by molar-refractivity contribution is 5.34. The Kier molecular flexibility index (Phi) is 5.12. The van der Waals surface area contributed by atoms with Crippen LogP contribution in [0, 0.1) is 0 Å². The number of nitrogens with one attached hydrogen (secondary N) is 1. The van der Waals surface area contributed by atoms with Gasteiger partial charge in [-0.25, -0.2) is 4.68 Å². The third-order valence-electron chi connectivity index (χ3n) is 3.41. The van der Waals surface area contributed by atoms with Crippen LogP contribution < -0.4 is 10.1 Å². The molecule has 5 nitrogen and oxygen atoms in total. The number of aryl methyl sites for hydroxylation is 1. The molecule has 0 saturated heterocycles. The fourth-order valence-electron chi connectivity index (χ4n) is 2.37. The maximum atomic E-state index is 5.42. The SMILES string of the molecule is CCCn1nncc1C(Cc1ccccc1OC)NC. The summed E-state index contributed by atoms with van der Waals surface area (Å²) in [7, 11) is 3.67. The van der Waals surface area contributed by atoms with Crippen LogP contribution in [0.4, 0.5) is 0 Å². The molecule has 0 aliphatic carbocycles. The Labute approximate surface area is 120 Å². The van der Waals surface area contributed by atoms with Gasteiger partial charge in [-0.2, -0.15) is 0 Å². The minimum atomic E-state index is 0.174. The molecule has 1 aromatic heterocycles. The smallest absolute Gasteiger partial charge is 0.122 e. The summed E-state index contributed by atoms with van der Waals surface area (Å²) in [5, 5.41) is 11.5. The molecular formula is C15H22N4O. The van der Waals surface area contributed by atoms with Crippen molar-refractivity contribution in [2.75, 3.05) is 14.2 Å². The number of aromatic nitrogens is 3. The van der Waals surface area contributed by atoms with Gasteiger partial charge in [0.2, 0.25) is 0 Å². The van der Waals surface area contributed by atoms with Gasteiger partial charge in [0.05, 0.1) is 25.0 Å². The van der Waals surface area contributed by atoms with Crippen molar-refractivity contribution in [3.05, 3.63) is 41.7 Å². The summed E-state index contributed by atoms with van der Waals surface area (Å²) < 4.78 is 7.39. The summed E-state index contributed by atoms with van der Waals surface area (Å²) in [4.78, 5) is 0. The van der Waals surface area contributed by atoms with E-state index in [0.29, 0.717) is 0 Å². The highest BCUT2D eigenvalue weighted by atomic mass is 16.5. The van der Waals surface area contributed by atoms with Crippen molar-refractivity contribution in [2.24, 2.45) is 0 Å². The number of para-hydroxylation sites is 1. The predicted molar refractivity (Wildman–Crippen MR) is 78.8 cm³/mol. The lowest BCUT2D eigenvalue weighted by atomic mass is 10.0. The first-order chi connectivity index (χ1) is 9.80. The summed E-state index contributed by atoms with van der Waals surface area (Å²) >= 11 is 0. The second-order valence-electron chi connectivity index (χ2n) is 4.74. The molecule has 0 aliphatic heterocycles. The number of ether oxygens (including phenoxy) is 1. The van der Waals surface area contributed by atoms with Crippen molar-refractivity contribution in [3.8, 4) is 5.75 Å². The minimum absolute atomic E-state index is 0.174. The van der Waals surface area contributed by atoms with Crippen LogP contribution in [0.15, 0.2) is 30.5 Å². The van der Waals surface area contributed by atoms with E-state index < -0.39 is 0 Å². The van der Waals surface area contributed by atoms with Gasteiger partial charge >= 0.3 is 0 Å². The Morgan fingerprint density at radius 3 is 2.85 bits per heavy atom. The van der Waals surface area contributed by atoms with Gasteiger partial charge in [-0.1, -0.05) is 30.3 Å². The zero-order valence-electron chi connectivity index (χ0n) is 12.3. The van der Waals surface area contributed by atoms with Crippen molar-refractivity contribution >= 4 is 0 Å². The number of hydrogen-bond donors (Lipinski definition) is 1. The maximum Gasteiger partial charge on any atom is 0.122 e. The molecule has 1 N–H and O–H groups in total. The zero-order valence-corrected chi connectivity index (χ0v) is 12.3. The molecule has 0 radical (unpaired) electrons. The molecule has 1 aromatic carbocycles. The average Bonchev–Trinajstić information content (AvgIpc) is 2.93. The molecule has 20 heavy (non-hydrogen) atoms. The van der Waals surface area contributed by atoms with Crippen LogP contribution in [0.5, 0.6) is 5.75 Å². The monoisotopic (exact) mass is 274 g/mol. The van der Waals surface area contributed by atoms with E-state index in [1.165, 1.54) is 5.56 Å². The van der Waals surface area contributed by atoms with Gasteiger partial charge in [0.15, 0.2) is 0 Å². The third kappa shape index (κ3) is 3.17. The number of likely N-dealkylation sites (N-methyl/N-ethyl adjacent to an activating group) is 1. The van der Waals surface area contributed by atoms with E-state index in [9.17, 15) is 0 Å². The van der Waals surface area contributed by atoms with Crippen LogP contribution in [0.2, 0.25) is 0 Å². The van der Waals surface area contributed by atoms with Crippen molar-refractivity contribution in [3.63, 3.8) is 0 Å². The molecule has 0 spiro atoms. The first-order valence-corrected chi connectivity index (χ1v) is 6.97.